The van der Waals surface area contributed by atoms with Crippen molar-refractivity contribution in [2.45, 2.75) is 18.8 Å². The lowest BCUT2D eigenvalue weighted by atomic mass is 9.93. The fraction of sp³-hybridized carbons (Fsp3) is 0.412. The maximum atomic E-state index is 11.9. The molecule has 0 atom stereocenters. The molecule has 0 aliphatic carbocycles. The molecule has 1 N–H and O–H groups in total. The molecule has 0 saturated carbocycles. The SMILES string of the molecule is COCC(=O)N1CCC(c2nccnc2Nc2ccccn2)CC1. The summed E-state index contributed by atoms with van der Waals surface area (Å²) in [5.74, 6) is 1.79. The molecular weight excluding hydrogens is 306 g/mol. The monoisotopic (exact) mass is 327 g/mol. The lowest BCUT2D eigenvalue weighted by Gasteiger charge is -2.32. The van der Waals surface area contributed by atoms with Gasteiger partial charge in [-0.1, -0.05) is 6.07 Å². The Bertz CT molecular complexity index is 672. The van der Waals surface area contributed by atoms with Gasteiger partial charge in [0.05, 0.1) is 5.69 Å². The molecule has 126 valence electrons. The van der Waals surface area contributed by atoms with E-state index in [-0.39, 0.29) is 18.4 Å². The number of nitrogens with zero attached hydrogens (tertiary/aromatic N) is 4. The summed E-state index contributed by atoms with van der Waals surface area (Å²) in [7, 11) is 1.54. The Kier molecular flexibility index (Phi) is 5.32. The number of hydrogen-bond donors (Lipinski definition) is 1. The largest absolute Gasteiger partial charge is 0.375 e. The van der Waals surface area contributed by atoms with Crippen molar-refractivity contribution < 1.29 is 9.53 Å². The Morgan fingerprint density at radius 2 is 2.00 bits per heavy atom. The van der Waals surface area contributed by atoms with Crippen LogP contribution in [-0.2, 0) is 9.53 Å². The first kappa shape index (κ1) is 16.3. The van der Waals surface area contributed by atoms with Crippen molar-refractivity contribution in [3.8, 4) is 0 Å². The number of anilines is 2. The van der Waals surface area contributed by atoms with Gasteiger partial charge in [0.1, 0.15) is 12.4 Å². The number of ether oxygens (including phenoxy) is 1. The molecule has 0 radical (unpaired) electrons. The van der Waals surface area contributed by atoms with Crippen molar-refractivity contribution in [2.24, 2.45) is 0 Å². The summed E-state index contributed by atoms with van der Waals surface area (Å²) in [6.45, 7) is 1.57. The van der Waals surface area contributed by atoms with Gasteiger partial charge in [0, 0.05) is 44.7 Å². The Morgan fingerprint density at radius 1 is 1.21 bits per heavy atom. The highest BCUT2D eigenvalue weighted by Gasteiger charge is 2.26. The summed E-state index contributed by atoms with van der Waals surface area (Å²) in [6, 6.07) is 5.69. The second-order valence-electron chi connectivity index (χ2n) is 5.72. The standard InChI is InChI=1S/C17H21N5O2/c1-24-12-15(23)22-10-5-13(6-11-22)16-17(20-9-8-19-16)21-14-4-2-3-7-18-14/h2-4,7-9,13H,5-6,10-12H2,1H3,(H,18,20,21). The third kappa shape index (κ3) is 3.86. The van der Waals surface area contributed by atoms with Crippen LogP contribution in [0.4, 0.5) is 11.6 Å². The van der Waals surface area contributed by atoms with Crippen LogP contribution in [0.25, 0.3) is 0 Å². The van der Waals surface area contributed by atoms with Crippen LogP contribution in [0.5, 0.6) is 0 Å². The van der Waals surface area contributed by atoms with Crippen LogP contribution < -0.4 is 5.32 Å². The summed E-state index contributed by atoms with van der Waals surface area (Å²) in [5.41, 5.74) is 0.932. The molecule has 2 aromatic heterocycles. The number of nitrogens with one attached hydrogen (secondary N) is 1. The molecular formula is C17H21N5O2. The zero-order chi connectivity index (χ0) is 16.8. The molecule has 1 aliphatic heterocycles. The first-order chi connectivity index (χ1) is 11.8. The minimum atomic E-state index is 0.0435. The number of piperidine rings is 1. The summed E-state index contributed by atoms with van der Waals surface area (Å²) in [6.07, 6.45) is 6.85. The first-order valence-electron chi connectivity index (χ1n) is 8.03. The van der Waals surface area contributed by atoms with Crippen LogP contribution >= 0.6 is 0 Å². The number of aromatic nitrogens is 3. The number of carbonyl (C=O) groups excluding carboxylic acids is 1. The fourth-order valence-electron chi connectivity index (χ4n) is 2.92. The minimum Gasteiger partial charge on any atom is -0.375 e. The van der Waals surface area contributed by atoms with Crippen LogP contribution in [0, 0.1) is 0 Å². The number of carbonyl (C=O) groups is 1. The van der Waals surface area contributed by atoms with Gasteiger partial charge < -0.3 is 15.0 Å². The third-order valence-corrected chi connectivity index (χ3v) is 4.14. The van der Waals surface area contributed by atoms with Gasteiger partial charge >= 0.3 is 0 Å². The van der Waals surface area contributed by atoms with E-state index in [9.17, 15) is 4.79 Å². The number of amides is 1. The maximum absolute atomic E-state index is 11.9. The van der Waals surface area contributed by atoms with E-state index >= 15 is 0 Å². The van der Waals surface area contributed by atoms with Crippen LogP contribution in [0.2, 0.25) is 0 Å². The van der Waals surface area contributed by atoms with Crippen LogP contribution in [0.1, 0.15) is 24.5 Å². The Hall–Kier alpha value is -2.54. The van der Waals surface area contributed by atoms with Crippen molar-refractivity contribution >= 4 is 17.5 Å². The molecule has 2 aromatic rings. The van der Waals surface area contributed by atoms with E-state index in [1.54, 1.807) is 25.7 Å². The van der Waals surface area contributed by atoms with Crippen LogP contribution in [-0.4, -0.2) is 52.6 Å². The number of methoxy groups -OCH3 is 1. The second kappa shape index (κ2) is 7.83. The van der Waals surface area contributed by atoms with E-state index in [0.29, 0.717) is 13.1 Å². The van der Waals surface area contributed by atoms with E-state index in [0.717, 1.165) is 30.2 Å². The smallest absolute Gasteiger partial charge is 0.248 e. The predicted molar refractivity (Wildman–Crippen MR) is 90.0 cm³/mol. The summed E-state index contributed by atoms with van der Waals surface area (Å²) in [4.78, 5) is 27.0. The van der Waals surface area contributed by atoms with Gasteiger partial charge in [0.15, 0.2) is 5.82 Å². The summed E-state index contributed by atoms with van der Waals surface area (Å²) < 4.78 is 4.92. The van der Waals surface area contributed by atoms with Gasteiger partial charge in [-0.3, -0.25) is 9.78 Å². The molecule has 1 amide bonds. The van der Waals surface area contributed by atoms with E-state index in [4.69, 9.17) is 4.74 Å². The highest BCUT2D eigenvalue weighted by Crippen LogP contribution is 2.31. The molecule has 0 bridgehead atoms. The van der Waals surface area contributed by atoms with Gasteiger partial charge in [-0.15, -0.1) is 0 Å². The van der Waals surface area contributed by atoms with E-state index < -0.39 is 0 Å². The molecule has 1 saturated heterocycles. The zero-order valence-electron chi connectivity index (χ0n) is 13.7. The molecule has 0 aromatic carbocycles. The fourth-order valence-corrected chi connectivity index (χ4v) is 2.92. The van der Waals surface area contributed by atoms with Crippen LogP contribution in [0.15, 0.2) is 36.8 Å². The van der Waals surface area contributed by atoms with Crippen molar-refractivity contribution in [1.29, 1.82) is 0 Å². The lowest BCUT2D eigenvalue weighted by Crippen LogP contribution is -2.40. The highest BCUT2D eigenvalue weighted by atomic mass is 16.5. The number of likely N-dealkylation sites (tertiary alicyclic amines) is 1. The third-order valence-electron chi connectivity index (χ3n) is 4.14. The van der Waals surface area contributed by atoms with Crippen molar-refractivity contribution in [1.82, 2.24) is 19.9 Å². The van der Waals surface area contributed by atoms with Crippen molar-refractivity contribution in [3.05, 3.63) is 42.5 Å². The topological polar surface area (TPSA) is 80.2 Å². The molecule has 7 nitrogen and oxygen atoms in total. The van der Waals surface area contributed by atoms with Gasteiger partial charge in [0.2, 0.25) is 5.91 Å². The Labute approximate surface area is 141 Å². The highest BCUT2D eigenvalue weighted by molar-refractivity contribution is 5.77. The van der Waals surface area contributed by atoms with Gasteiger partial charge in [-0.05, 0) is 25.0 Å². The summed E-state index contributed by atoms with van der Waals surface area (Å²) in [5, 5.41) is 3.24. The lowest BCUT2D eigenvalue weighted by molar-refractivity contribution is -0.136. The average Bonchev–Trinajstić information content (AvgIpc) is 2.63. The molecule has 3 rings (SSSR count). The molecule has 1 aliphatic rings. The zero-order valence-corrected chi connectivity index (χ0v) is 13.7. The number of rotatable bonds is 5. The first-order valence-corrected chi connectivity index (χ1v) is 8.03. The van der Waals surface area contributed by atoms with E-state index in [1.165, 1.54) is 0 Å². The normalized spacial score (nSPS) is 15.3. The van der Waals surface area contributed by atoms with Crippen molar-refractivity contribution in [3.63, 3.8) is 0 Å². The molecule has 7 heteroatoms. The minimum absolute atomic E-state index is 0.0435. The van der Waals surface area contributed by atoms with Gasteiger partial charge in [0.25, 0.3) is 0 Å². The van der Waals surface area contributed by atoms with E-state index in [2.05, 4.69) is 20.3 Å². The Morgan fingerprint density at radius 3 is 2.71 bits per heavy atom. The second-order valence-corrected chi connectivity index (χ2v) is 5.72. The number of pyridine rings is 1. The average molecular weight is 327 g/mol. The molecule has 0 spiro atoms. The predicted octanol–water partition coefficient (Wildman–Crippen LogP) is 1.97. The van der Waals surface area contributed by atoms with E-state index in [1.807, 2.05) is 23.1 Å². The quantitative estimate of drug-likeness (QED) is 0.904. The van der Waals surface area contributed by atoms with Crippen molar-refractivity contribution in [2.75, 3.05) is 32.1 Å². The maximum Gasteiger partial charge on any atom is 0.248 e. The van der Waals surface area contributed by atoms with Crippen LogP contribution in [0.3, 0.4) is 0 Å². The Balaban J connectivity index is 1.69. The molecule has 0 unspecified atom stereocenters. The molecule has 3 heterocycles. The number of hydrogen-bond acceptors (Lipinski definition) is 6. The summed E-state index contributed by atoms with van der Waals surface area (Å²) >= 11 is 0. The van der Waals surface area contributed by atoms with Gasteiger partial charge in [-0.25, -0.2) is 9.97 Å². The van der Waals surface area contributed by atoms with Gasteiger partial charge in [-0.2, -0.15) is 0 Å². The molecule has 24 heavy (non-hydrogen) atoms. The molecule has 1 fully saturated rings.